The van der Waals surface area contributed by atoms with Gasteiger partial charge in [-0.15, -0.1) is 38.0 Å². The molecule has 42 heavy (non-hydrogen) atoms. The summed E-state index contributed by atoms with van der Waals surface area (Å²) in [6.07, 6.45) is -2.07. The zero-order valence-corrected chi connectivity index (χ0v) is 26.9. The van der Waals surface area contributed by atoms with E-state index in [4.69, 9.17) is 0 Å². The Morgan fingerprint density at radius 3 is 2.10 bits per heavy atom. The molecule has 2 aliphatic heterocycles. The van der Waals surface area contributed by atoms with E-state index in [1.54, 1.807) is 12.1 Å². The number of alkyl halides is 3. The Kier molecular flexibility index (Phi) is 13.0. The summed E-state index contributed by atoms with van der Waals surface area (Å²) in [7, 11) is 0. The second kappa shape index (κ2) is 15.1. The highest BCUT2D eigenvalue weighted by Gasteiger charge is 2.41. The summed E-state index contributed by atoms with van der Waals surface area (Å²) in [6.45, 7) is 14.8. The van der Waals surface area contributed by atoms with Crippen molar-refractivity contribution < 1.29 is 22.7 Å². The Morgan fingerprint density at radius 2 is 1.55 bits per heavy atom. The van der Waals surface area contributed by atoms with Gasteiger partial charge < -0.3 is 15.0 Å². The SMILES string of the molecule is CC(C)c1ccccc1C(c1ccc(OC(F)(F)F)cc1)N1CCN(C(=O)CC2CCNCC2)[C@@H](C(C)(C)C)C1.Cl.Cl. The molecular formula is C32H46Cl2F3N3O2. The molecule has 2 saturated heterocycles. The Labute approximate surface area is 261 Å². The number of nitrogens with one attached hydrogen (secondary N) is 1. The van der Waals surface area contributed by atoms with E-state index in [9.17, 15) is 18.0 Å². The van der Waals surface area contributed by atoms with Crippen LogP contribution in [0.3, 0.4) is 0 Å². The number of piperazine rings is 1. The van der Waals surface area contributed by atoms with Crippen LogP contribution in [0.1, 0.15) is 82.5 Å². The van der Waals surface area contributed by atoms with Crippen LogP contribution in [0.5, 0.6) is 5.75 Å². The average Bonchev–Trinajstić information content (AvgIpc) is 2.89. The number of ether oxygens (including phenoxy) is 1. The molecule has 2 heterocycles. The van der Waals surface area contributed by atoms with Crippen molar-refractivity contribution >= 4 is 30.7 Å². The third kappa shape index (κ3) is 9.25. The second-order valence-electron chi connectivity index (χ2n) is 12.7. The largest absolute Gasteiger partial charge is 0.573 e. The highest BCUT2D eigenvalue weighted by Crippen LogP contribution is 2.39. The molecule has 0 aliphatic carbocycles. The lowest BCUT2D eigenvalue weighted by Crippen LogP contribution is -2.60. The lowest BCUT2D eigenvalue weighted by atomic mass is 9.81. The lowest BCUT2D eigenvalue weighted by Gasteiger charge is -2.50. The van der Waals surface area contributed by atoms with Gasteiger partial charge in [0.15, 0.2) is 0 Å². The zero-order valence-electron chi connectivity index (χ0n) is 25.2. The lowest BCUT2D eigenvalue weighted by molar-refractivity contribution is -0.274. The molecule has 236 valence electrons. The van der Waals surface area contributed by atoms with Gasteiger partial charge in [-0.25, -0.2) is 0 Å². The van der Waals surface area contributed by atoms with Crippen molar-refractivity contribution in [1.82, 2.24) is 15.1 Å². The number of hydrogen-bond donors (Lipinski definition) is 1. The molecule has 2 aromatic rings. The summed E-state index contributed by atoms with van der Waals surface area (Å²) in [5.41, 5.74) is 3.11. The molecule has 0 bridgehead atoms. The summed E-state index contributed by atoms with van der Waals surface area (Å²) in [4.78, 5) is 18.1. The number of hydrogen-bond acceptors (Lipinski definition) is 4. The van der Waals surface area contributed by atoms with Gasteiger partial charge in [0.1, 0.15) is 5.75 Å². The molecule has 0 aromatic heterocycles. The predicted molar refractivity (Wildman–Crippen MR) is 167 cm³/mol. The number of nitrogens with zero attached hydrogens (tertiary/aromatic N) is 2. The molecule has 10 heteroatoms. The topological polar surface area (TPSA) is 44.8 Å². The molecule has 0 saturated carbocycles. The van der Waals surface area contributed by atoms with Gasteiger partial charge in [0, 0.05) is 32.1 Å². The van der Waals surface area contributed by atoms with Crippen LogP contribution in [-0.4, -0.2) is 60.8 Å². The van der Waals surface area contributed by atoms with Crippen LogP contribution in [0.15, 0.2) is 48.5 Å². The van der Waals surface area contributed by atoms with Crippen molar-refractivity contribution in [3.8, 4) is 5.75 Å². The molecule has 1 amide bonds. The second-order valence-corrected chi connectivity index (χ2v) is 12.7. The average molecular weight is 633 g/mol. The molecule has 4 rings (SSSR count). The molecule has 1 unspecified atom stereocenters. The summed E-state index contributed by atoms with van der Waals surface area (Å²) in [5.74, 6) is 0.709. The van der Waals surface area contributed by atoms with Gasteiger partial charge in [-0.2, -0.15) is 0 Å². The molecule has 2 atom stereocenters. The smallest absolute Gasteiger partial charge is 0.406 e. The highest BCUT2D eigenvalue weighted by atomic mass is 35.5. The van der Waals surface area contributed by atoms with Crippen LogP contribution in [-0.2, 0) is 4.79 Å². The van der Waals surface area contributed by atoms with Gasteiger partial charge >= 0.3 is 6.36 Å². The van der Waals surface area contributed by atoms with Crippen LogP contribution in [0, 0.1) is 11.3 Å². The molecule has 2 fully saturated rings. The number of rotatable bonds is 7. The molecular weight excluding hydrogens is 586 g/mol. The molecule has 0 spiro atoms. The van der Waals surface area contributed by atoms with Crippen molar-refractivity contribution in [3.63, 3.8) is 0 Å². The standard InChI is InChI=1S/C32H44F3N3O2.2ClH/c1-22(2)26-8-6-7-9-27(26)30(24-10-12-25(13-11-24)40-32(33,34)35)37-18-19-38(28(21-37)31(3,4)5)29(39)20-23-14-16-36-17-15-23;;/h6-13,22-23,28,30,36H,14-21H2,1-5H3;2*1H/t28-,30?;;/m1../s1. The van der Waals surface area contributed by atoms with Gasteiger partial charge in [0.05, 0.1) is 6.04 Å². The minimum absolute atomic E-state index is 0. The summed E-state index contributed by atoms with van der Waals surface area (Å²) in [6, 6.07) is 14.4. The summed E-state index contributed by atoms with van der Waals surface area (Å²) >= 11 is 0. The van der Waals surface area contributed by atoms with E-state index in [-0.39, 0.29) is 59.9 Å². The number of carbonyl (C=O) groups excluding carboxylic acids is 1. The van der Waals surface area contributed by atoms with Crippen LogP contribution in [0.4, 0.5) is 13.2 Å². The summed E-state index contributed by atoms with van der Waals surface area (Å²) in [5, 5.41) is 3.38. The maximum atomic E-state index is 13.6. The van der Waals surface area contributed by atoms with Gasteiger partial charge in [-0.1, -0.05) is 71.0 Å². The van der Waals surface area contributed by atoms with Crippen molar-refractivity contribution in [2.75, 3.05) is 32.7 Å². The van der Waals surface area contributed by atoms with Gasteiger partial charge in [0.2, 0.25) is 5.91 Å². The monoisotopic (exact) mass is 631 g/mol. The molecule has 2 aromatic carbocycles. The van der Waals surface area contributed by atoms with Gasteiger partial charge in [-0.05, 0) is 72.0 Å². The Morgan fingerprint density at radius 1 is 0.952 bits per heavy atom. The quantitative estimate of drug-likeness (QED) is 0.342. The van der Waals surface area contributed by atoms with Gasteiger partial charge in [0.25, 0.3) is 0 Å². The third-order valence-electron chi connectivity index (χ3n) is 8.36. The molecule has 0 radical (unpaired) electrons. The van der Waals surface area contributed by atoms with E-state index in [0.717, 1.165) is 37.1 Å². The number of halogens is 5. The van der Waals surface area contributed by atoms with Crippen molar-refractivity contribution in [2.45, 2.75) is 78.2 Å². The van der Waals surface area contributed by atoms with E-state index < -0.39 is 6.36 Å². The first-order chi connectivity index (χ1) is 18.8. The molecule has 2 aliphatic rings. The molecule has 5 nitrogen and oxygen atoms in total. The Hall–Kier alpha value is -2.00. The van der Waals surface area contributed by atoms with Crippen LogP contribution >= 0.6 is 24.8 Å². The van der Waals surface area contributed by atoms with Crippen molar-refractivity contribution in [2.24, 2.45) is 11.3 Å². The Balaban J connectivity index is 0.00000308. The normalized spacial score (nSPS) is 19.5. The number of benzene rings is 2. The van der Waals surface area contributed by atoms with Gasteiger partial charge in [-0.3, -0.25) is 9.69 Å². The van der Waals surface area contributed by atoms with E-state index in [2.05, 4.69) is 66.6 Å². The third-order valence-corrected chi connectivity index (χ3v) is 8.36. The fraction of sp³-hybridized carbons (Fsp3) is 0.594. The van der Waals surface area contributed by atoms with E-state index in [1.165, 1.54) is 17.7 Å². The number of carbonyl (C=O) groups is 1. The highest BCUT2D eigenvalue weighted by molar-refractivity contribution is 5.85. The zero-order chi connectivity index (χ0) is 29.1. The van der Waals surface area contributed by atoms with E-state index >= 15 is 0 Å². The first-order valence-electron chi connectivity index (χ1n) is 14.5. The molecule has 1 N–H and O–H groups in total. The fourth-order valence-electron chi connectivity index (χ4n) is 6.25. The van der Waals surface area contributed by atoms with Crippen LogP contribution in [0.2, 0.25) is 0 Å². The minimum Gasteiger partial charge on any atom is -0.406 e. The van der Waals surface area contributed by atoms with E-state index in [1.807, 2.05) is 12.1 Å². The number of piperidine rings is 1. The first kappa shape index (κ1) is 36.2. The van der Waals surface area contributed by atoms with E-state index in [0.29, 0.717) is 32.0 Å². The number of amides is 1. The first-order valence-corrected chi connectivity index (χ1v) is 14.5. The van der Waals surface area contributed by atoms with Crippen LogP contribution in [0.25, 0.3) is 0 Å². The van der Waals surface area contributed by atoms with Crippen molar-refractivity contribution in [3.05, 3.63) is 65.2 Å². The minimum atomic E-state index is -4.73. The predicted octanol–water partition coefficient (Wildman–Crippen LogP) is 7.59. The van der Waals surface area contributed by atoms with Crippen molar-refractivity contribution in [1.29, 1.82) is 0 Å². The summed E-state index contributed by atoms with van der Waals surface area (Å²) < 4.78 is 42.7. The maximum Gasteiger partial charge on any atom is 0.573 e. The Bertz CT molecular complexity index is 1130. The maximum absolute atomic E-state index is 13.6. The fourth-order valence-corrected chi connectivity index (χ4v) is 6.25. The van der Waals surface area contributed by atoms with Crippen LogP contribution < -0.4 is 10.1 Å².